The molecule has 0 bridgehead atoms. The Balaban J connectivity index is 1.59. The molecular formula is C23H20ClIN4OS. The van der Waals surface area contributed by atoms with E-state index >= 15 is 0 Å². The maximum absolute atomic E-state index is 11.1. The molecule has 3 heterocycles. The standard InChI is InChI=1S/C23H20ClIN4OS/c1-12-10-23(2,3)29-20-16(12)8-15(25)9-17(20)19(21(29)30)27-28-22-26-18(11-31-22)13-4-6-14(24)7-5-13/h4-9,11-12,30H,10H2,1-3H3. The zero-order chi connectivity index (χ0) is 21.9. The van der Waals surface area contributed by atoms with E-state index in [0.29, 0.717) is 21.8 Å². The summed E-state index contributed by atoms with van der Waals surface area (Å²) in [5.41, 5.74) is 4.39. The maximum Gasteiger partial charge on any atom is 0.230 e. The summed E-state index contributed by atoms with van der Waals surface area (Å²) in [4.78, 5) is 4.58. The average molecular weight is 563 g/mol. The van der Waals surface area contributed by atoms with Crippen LogP contribution in [-0.2, 0) is 5.54 Å². The van der Waals surface area contributed by atoms with Crippen molar-refractivity contribution in [3.8, 4) is 17.1 Å². The van der Waals surface area contributed by atoms with Crippen LogP contribution in [0, 0.1) is 3.57 Å². The summed E-state index contributed by atoms with van der Waals surface area (Å²) in [6.07, 6.45) is 0.949. The third-order valence-corrected chi connectivity index (χ3v) is 7.42. The van der Waals surface area contributed by atoms with Crippen molar-refractivity contribution in [3.05, 3.63) is 55.9 Å². The monoisotopic (exact) mass is 562 g/mol. The molecule has 2 aromatic carbocycles. The van der Waals surface area contributed by atoms with E-state index in [1.54, 1.807) is 0 Å². The summed E-state index contributed by atoms with van der Waals surface area (Å²) in [6, 6.07) is 11.8. The van der Waals surface area contributed by atoms with Gasteiger partial charge in [-0.2, -0.15) is 0 Å². The molecule has 0 fully saturated rings. The van der Waals surface area contributed by atoms with Gasteiger partial charge < -0.3 is 9.67 Å². The van der Waals surface area contributed by atoms with Gasteiger partial charge in [0.25, 0.3) is 0 Å². The number of hydrogen-bond acceptors (Lipinski definition) is 5. The zero-order valence-corrected chi connectivity index (χ0v) is 21.0. The second-order valence-corrected chi connectivity index (χ2v) is 11.1. The van der Waals surface area contributed by atoms with E-state index in [0.717, 1.165) is 32.2 Å². The Morgan fingerprint density at radius 1 is 1.23 bits per heavy atom. The van der Waals surface area contributed by atoms with Gasteiger partial charge in [0.2, 0.25) is 11.0 Å². The third kappa shape index (κ3) is 3.56. The van der Waals surface area contributed by atoms with Gasteiger partial charge in [0.1, 0.15) is 0 Å². The van der Waals surface area contributed by atoms with Crippen molar-refractivity contribution in [2.45, 2.75) is 38.6 Å². The largest absolute Gasteiger partial charge is 0.493 e. The first-order chi connectivity index (χ1) is 14.7. The predicted octanol–water partition coefficient (Wildman–Crippen LogP) is 8.39. The van der Waals surface area contributed by atoms with Gasteiger partial charge in [0.15, 0.2) is 5.69 Å². The van der Waals surface area contributed by atoms with E-state index in [-0.39, 0.29) is 11.4 Å². The summed E-state index contributed by atoms with van der Waals surface area (Å²) < 4.78 is 3.14. The Hall–Kier alpha value is -1.97. The molecule has 0 amide bonds. The SMILES string of the molecule is CC1CC(C)(C)n2c(O)c(N=Nc3nc(-c4ccc(Cl)cc4)cs3)c3cc(I)cc1c32. The number of benzene rings is 2. The van der Waals surface area contributed by atoms with Crippen molar-refractivity contribution in [2.24, 2.45) is 10.2 Å². The van der Waals surface area contributed by atoms with E-state index in [9.17, 15) is 5.11 Å². The van der Waals surface area contributed by atoms with Crippen LogP contribution in [0.4, 0.5) is 10.8 Å². The topological polar surface area (TPSA) is 62.8 Å². The van der Waals surface area contributed by atoms with Crippen molar-refractivity contribution in [1.29, 1.82) is 0 Å². The highest BCUT2D eigenvalue weighted by molar-refractivity contribution is 14.1. The normalized spacial score (nSPS) is 17.6. The summed E-state index contributed by atoms with van der Waals surface area (Å²) >= 11 is 9.72. The Morgan fingerprint density at radius 3 is 2.71 bits per heavy atom. The van der Waals surface area contributed by atoms with Gasteiger partial charge in [-0.3, -0.25) is 0 Å². The van der Waals surface area contributed by atoms with Crippen LogP contribution in [0.2, 0.25) is 5.02 Å². The van der Waals surface area contributed by atoms with Crippen LogP contribution in [0.5, 0.6) is 5.88 Å². The highest BCUT2D eigenvalue weighted by Crippen LogP contribution is 2.51. The number of aromatic nitrogens is 2. The molecule has 5 nitrogen and oxygen atoms in total. The van der Waals surface area contributed by atoms with Crippen molar-refractivity contribution in [2.75, 3.05) is 0 Å². The quantitative estimate of drug-likeness (QED) is 0.201. The first-order valence-electron chi connectivity index (χ1n) is 9.95. The number of thiazole rings is 1. The molecule has 0 spiro atoms. The molecular weight excluding hydrogens is 543 g/mol. The molecule has 31 heavy (non-hydrogen) atoms. The average Bonchev–Trinajstić information content (AvgIpc) is 3.28. The molecule has 0 radical (unpaired) electrons. The number of azo groups is 1. The Labute approximate surface area is 202 Å². The Morgan fingerprint density at radius 2 is 1.97 bits per heavy atom. The second kappa shape index (κ2) is 7.56. The minimum absolute atomic E-state index is 0.161. The summed E-state index contributed by atoms with van der Waals surface area (Å²) in [6.45, 7) is 6.56. The first-order valence-corrected chi connectivity index (χ1v) is 12.3. The van der Waals surface area contributed by atoms with Crippen molar-refractivity contribution in [1.82, 2.24) is 9.55 Å². The van der Waals surface area contributed by atoms with Crippen LogP contribution in [-0.4, -0.2) is 14.7 Å². The summed E-state index contributed by atoms with van der Waals surface area (Å²) in [5.74, 6) is 0.563. The summed E-state index contributed by atoms with van der Waals surface area (Å²) in [5, 5.41) is 24.1. The van der Waals surface area contributed by atoms with E-state index in [1.165, 1.54) is 16.9 Å². The minimum Gasteiger partial charge on any atom is -0.493 e. The molecule has 0 saturated carbocycles. The lowest BCUT2D eigenvalue weighted by molar-refractivity contribution is 0.267. The van der Waals surface area contributed by atoms with E-state index in [4.69, 9.17) is 11.6 Å². The van der Waals surface area contributed by atoms with Crippen LogP contribution in [0.15, 0.2) is 52.0 Å². The van der Waals surface area contributed by atoms with Gasteiger partial charge >= 0.3 is 0 Å². The lowest BCUT2D eigenvalue weighted by Gasteiger charge is -2.36. The van der Waals surface area contributed by atoms with Gasteiger partial charge in [-0.15, -0.1) is 21.6 Å². The van der Waals surface area contributed by atoms with E-state index < -0.39 is 0 Å². The molecule has 2 aromatic heterocycles. The molecule has 8 heteroatoms. The van der Waals surface area contributed by atoms with Gasteiger partial charge in [-0.05, 0) is 78.6 Å². The van der Waals surface area contributed by atoms with Crippen LogP contribution >= 0.6 is 45.5 Å². The zero-order valence-electron chi connectivity index (χ0n) is 17.2. The van der Waals surface area contributed by atoms with Gasteiger partial charge in [-0.25, -0.2) is 4.98 Å². The molecule has 5 rings (SSSR count). The number of aromatic hydroxyl groups is 1. The fourth-order valence-electron chi connectivity index (χ4n) is 4.55. The van der Waals surface area contributed by atoms with E-state index in [2.05, 4.69) is 70.7 Å². The summed E-state index contributed by atoms with van der Waals surface area (Å²) in [7, 11) is 0. The number of rotatable bonds is 3. The molecule has 0 saturated heterocycles. The van der Waals surface area contributed by atoms with Crippen LogP contribution in [0.25, 0.3) is 22.2 Å². The van der Waals surface area contributed by atoms with Crippen LogP contribution in [0.1, 0.15) is 38.7 Å². The van der Waals surface area contributed by atoms with Crippen molar-refractivity contribution in [3.63, 3.8) is 0 Å². The lowest BCUT2D eigenvalue weighted by Crippen LogP contribution is -2.31. The Bertz CT molecular complexity index is 1340. The van der Waals surface area contributed by atoms with Crippen molar-refractivity contribution >= 4 is 67.3 Å². The van der Waals surface area contributed by atoms with Gasteiger partial charge in [0.05, 0.1) is 11.2 Å². The molecule has 0 aliphatic carbocycles. The van der Waals surface area contributed by atoms with E-state index in [1.807, 2.05) is 34.2 Å². The lowest BCUT2D eigenvalue weighted by atomic mass is 9.82. The van der Waals surface area contributed by atoms with Crippen LogP contribution < -0.4 is 0 Å². The maximum atomic E-state index is 11.1. The number of halogens is 2. The van der Waals surface area contributed by atoms with Gasteiger partial charge in [-0.1, -0.05) is 30.7 Å². The fraction of sp³-hybridized carbons (Fsp3) is 0.261. The minimum atomic E-state index is -0.210. The van der Waals surface area contributed by atoms with Crippen LogP contribution in [0.3, 0.4) is 0 Å². The fourth-order valence-corrected chi connectivity index (χ4v) is 5.97. The molecule has 1 unspecified atom stereocenters. The predicted molar refractivity (Wildman–Crippen MR) is 135 cm³/mol. The second-order valence-electron chi connectivity index (χ2n) is 8.54. The number of hydrogen-bond donors (Lipinski definition) is 1. The molecule has 158 valence electrons. The highest BCUT2D eigenvalue weighted by atomic mass is 127. The highest BCUT2D eigenvalue weighted by Gasteiger charge is 2.36. The number of nitrogens with zero attached hydrogens (tertiary/aromatic N) is 4. The van der Waals surface area contributed by atoms with Gasteiger partial charge in [0, 0.05) is 30.5 Å². The molecule has 1 N–H and O–H groups in total. The first kappa shape index (κ1) is 20.9. The molecule has 1 atom stereocenters. The van der Waals surface area contributed by atoms with Crippen molar-refractivity contribution < 1.29 is 5.11 Å². The molecule has 4 aromatic rings. The third-order valence-electron chi connectivity index (χ3n) is 5.82. The Kier molecular flexibility index (Phi) is 5.10. The molecule has 1 aliphatic heterocycles. The smallest absolute Gasteiger partial charge is 0.230 e. The molecule has 1 aliphatic rings.